The highest BCUT2D eigenvalue weighted by molar-refractivity contribution is 5.98. The van der Waals surface area contributed by atoms with E-state index >= 15 is 0 Å². The number of carbonyl (C=O) groups is 1. The summed E-state index contributed by atoms with van der Waals surface area (Å²) < 4.78 is 5.02. The van der Waals surface area contributed by atoms with E-state index < -0.39 is 16.4 Å². The third-order valence-corrected chi connectivity index (χ3v) is 3.17. The third kappa shape index (κ3) is 2.65. The zero-order valence-corrected chi connectivity index (χ0v) is 10.4. The average Bonchev–Trinajstić information content (AvgIpc) is 3.18. The molecule has 0 bridgehead atoms. The molecule has 1 aliphatic rings. The fourth-order valence-corrected chi connectivity index (χ4v) is 1.77. The first-order valence-corrected chi connectivity index (χ1v) is 5.77. The van der Waals surface area contributed by atoms with Gasteiger partial charge in [0.1, 0.15) is 5.75 Å². The number of carbonyl (C=O) groups excluding carboxylic acids is 1. The van der Waals surface area contributed by atoms with Crippen molar-refractivity contribution in [2.45, 2.75) is 18.4 Å². The Balaban J connectivity index is 2.28. The number of non-ortho nitro benzene ring substituents is 1. The molecule has 0 atom stereocenters. The van der Waals surface area contributed by atoms with Crippen LogP contribution in [0.4, 0.5) is 5.69 Å². The fraction of sp³-hybridized carbons (Fsp3) is 0.417. The lowest BCUT2D eigenvalue weighted by Gasteiger charge is -2.15. The largest absolute Gasteiger partial charge is 0.496 e. The first kappa shape index (κ1) is 13.3. The second-order valence-corrected chi connectivity index (χ2v) is 4.53. The van der Waals surface area contributed by atoms with Gasteiger partial charge in [-0.3, -0.25) is 14.9 Å². The Kier molecular flexibility index (Phi) is 3.39. The topological polar surface area (TPSA) is 102 Å². The zero-order chi connectivity index (χ0) is 14.0. The van der Waals surface area contributed by atoms with Crippen molar-refractivity contribution in [1.29, 1.82) is 0 Å². The Morgan fingerprint density at radius 1 is 1.58 bits per heavy atom. The molecule has 19 heavy (non-hydrogen) atoms. The number of nitro benzene ring substituents is 1. The molecule has 7 nitrogen and oxygen atoms in total. The Hall–Kier alpha value is -2.15. The molecule has 1 aliphatic carbocycles. The highest BCUT2D eigenvalue weighted by Gasteiger charge is 2.43. The van der Waals surface area contributed by atoms with Gasteiger partial charge in [-0.1, -0.05) is 0 Å². The van der Waals surface area contributed by atoms with Crippen molar-refractivity contribution in [1.82, 2.24) is 5.32 Å². The van der Waals surface area contributed by atoms with Crippen LogP contribution in [0.25, 0.3) is 0 Å². The van der Waals surface area contributed by atoms with Gasteiger partial charge in [0, 0.05) is 12.1 Å². The fourth-order valence-electron chi connectivity index (χ4n) is 1.77. The molecule has 0 heterocycles. The molecule has 102 valence electrons. The lowest BCUT2D eigenvalue weighted by atomic mass is 10.1. The normalized spacial score (nSPS) is 15.7. The third-order valence-electron chi connectivity index (χ3n) is 3.17. The van der Waals surface area contributed by atoms with Gasteiger partial charge in [-0.05, 0) is 18.9 Å². The van der Waals surface area contributed by atoms with E-state index in [-0.39, 0.29) is 23.6 Å². The highest BCUT2D eigenvalue weighted by atomic mass is 16.6. The van der Waals surface area contributed by atoms with E-state index in [1.54, 1.807) is 0 Å². The Morgan fingerprint density at radius 3 is 2.74 bits per heavy atom. The number of benzene rings is 1. The molecule has 0 saturated heterocycles. The molecule has 2 N–H and O–H groups in total. The van der Waals surface area contributed by atoms with Crippen molar-refractivity contribution < 1.29 is 19.6 Å². The maximum absolute atomic E-state index is 12.1. The molecule has 0 aromatic heterocycles. The van der Waals surface area contributed by atoms with Gasteiger partial charge < -0.3 is 15.2 Å². The molecule has 0 spiro atoms. The summed E-state index contributed by atoms with van der Waals surface area (Å²) in [6, 6.07) is 3.82. The molecule has 1 saturated carbocycles. The first-order valence-electron chi connectivity index (χ1n) is 5.77. The molecular weight excluding hydrogens is 252 g/mol. The number of nitro groups is 1. The molecule has 1 amide bonds. The molecule has 2 rings (SSSR count). The van der Waals surface area contributed by atoms with Crippen LogP contribution in [-0.2, 0) is 0 Å². The minimum Gasteiger partial charge on any atom is -0.496 e. The number of aliphatic hydroxyl groups is 1. The van der Waals surface area contributed by atoms with Crippen LogP contribution in [0.15, 0.2) is 18.2 Å². The first-order chi connectivity index (χ1) is 9.01. The molecule has 1 aromatic rings. The van der Waals surface area contributed by atoms with Gasteiger partial charge in [-0.25, -0.2) is 0 Å². The van der Waals surface area contributed by atoms with Gasteiger partial charge in [-0.2, -0.15) is 0 Å². The number of aliphatic hydroxyl groups excluding tert-OH is 1. The summed E-state index contributed by atoms with van der Waals surface area (Å²) in [4.78, 5) is 22.2. The molecule has 7 heteroatoms. The van der Waals surface area contributed by atoms with Crippen molar-refractivity contribution in [2.24, 2.45) is 0 Å². The van der Waals surface area contributed by atoms with Crippen LogP contribution < -0.4 is 10.1 Å². The van der Waals surface area contributed by atoms with Gasteiger partial charge in [0.25, 0.3) is 11.6 Å². The monoisotopic (exact) mass is 266 g/mol. The minimum absolute atomic E-state index is 0.0939. The Bertz CT molecular complexity index is 525. The summed E-state index contributed by atoms with van der Waals surface area (Å²) in [5.74, 6) is -0.219. The lowest BCUT2D eigenvalue weighted by Crippen LogP contribution is -2.39. The summed E-state index contributed by atoms with van der Waals surface area (Å²) in [7, 11) is 1.39. The standard InChI is InChI=1S/C12H14N2O5/c1-19-10-3-2-8(14(17)18)6-9(10)11(16)13-12(7-15)4-5-12/h2-3,6,15H,4-5,7H2,1H3,(H,13,16). The summed E-state index contributed by atoms with van der Waals surface area (Å²) in [5.41, 5.74) is -0.664. The van der Waals surface area contributed by atoms with Gasteiger partial charge in [-0.15, -0.1) is 0 Å². The minimum atomic E-state index is -0.577. The van der Waals surface area contributed by atoms with Crippen molar-refractivity contribution >= 4 is 11.6 Å². The van der Waals surface area contributed by atoms with Crippen LogP contribution in [0.2, 0.25) is 0 Å². The number of hydrogen-bond donors (Lipinski definition) is 2. The van der Waals surface area contributed by atoms with E-state index in [9.17, 15) is 14.9 Å². The summed E-state index contributed by atoms with van der Waals surface area (Å²) in [6.45, 7) is -0.143. The van der Waals surface area contributed by atoms with E-state index in [4.69, 9.17) is 9.84 Å². The second-order valence-electron chi connectivity index (χ2n) is 4.53. The van der Waals surface area contributed by atoms with Crippen LogP contribution in [0.3, 0.4) is 0 Å². The number of nitrogens with one attached hydrogen (secondary N) is 1. The lowest BCUT2D eigenvalue weighted by molar-refractivity contribution is -0.384. The van der Waals surface area contributed by atoms with Crippen LogP contribution >= 0.6 is 0 Å². The van der Waals surface area contributed by atoms with Gasteiger partial charge >= 0.3 is 0 Å². The molecule has 0 radical (unpaired) electrons. The maximum Gasteiger partial charge on any atom is 0.270 e. The van der Waals surface area contributed by atoms with Gasteiger partial charge in [0.2, 0.25) is 0 Å². The van der Waals surface area contributed by atoms with E-state index in [1.807, 2.05) is 0 Å². The van der Waals surface area contributed by atoms with E-state index in [2.05, 4.69) is 5.32 Å². The van der Waals surface area contributed by atoms with Crippen molar-refractivity contribution in [3.05, 3.63) is 33.9 Å². The Morgan fingerprint density at radius 2 is 2.26 bits per heavy atom. The van der Waals surface area contributed by atoms with Gasteiger partial charge in [0.05, 0.1) is 29.7 Å². The van der Waals surface area contributed by atoms with Crippen molar-refractivity contribution in [3.63, 3.8) is 0 Å². The molecular formula is C12H14N2O5. The molecule has 0 aliphatic heterocycles. The van der Waals surface area contributed by atoms with Crippen LogP contribution in [0, 0.1) is 10.1 Å². The number of ether oxygens (including phenoxy) is 1. The quantitative estimate of drug-likeness (QED) is 0.608. The van der Waals surface area contributed by atoms with E-state index in [1.165, 1.54) is 25.3 Å². The molecule has 1 aromatic carbocycles. The van der Waals surface area contributed by atoms with E-state index in [0.717, 1.165) is 0 Å². The summed E-state index contributed by atoms with van der Waals surface area (Å²) in [6.07, 6.45) is 1.40. The average molecular weight is 266 g/mol. The molecule has 0 unspecified atom stereocenters. The molecule has 1 fully saturated rings. The van der Waals surface area contributed by atoms with Crippen molar-refractivity contribution in [2.75, 3.05) is 13.7 Å². The van der Waals surface area contributed by atoms with Crippen LogP contribution in [-0.4, -0.2) is 35.2 Å². The number of rotatable bonds is 5. The van der Waals surface area contributed by atoms with Gasteiger partial charge in [0.15, 0.2) is 0 Å². The summed E-state index contributed by atoms with van der Waals surface area (Å²) >= 11 is 0. The number of amides is 1. The number of methoxy groups -OCH3 is 1. The van der Waals surface area contributed by atoms with Crippen LogP contribution in [0.1, 0.15) is 23.2 Å². The predicted octanol–water partition coefficient (Wildman–Crippen LogP) is 0.858. The predicted molar refractivity (Wildman–Crippen MR) is 66.2 cm³/mol. The SMILES string of the molecule is COc1ccc([N+](=O)[O-])cc1C(=O)NC1(CO)CC1. The summed E-state index contributed by atoms with van der Waals surface area (Å²) in [5, 5.41) is 22.6. The van der Waals surface area contributed by atoms with Crippen LogP contribution in [0.5, 0.6) is 5.75 Å². The smallest absolute Gasteiger partial charge is 0.270 e. The van der Waals surface area contributed by atoms with Crippen molar-refractivity contribution in [3.8, 4) is 5.75 Å². The second kappa shape index (κ2) is 4.85. The number of nitrogens with zero attached hydrogens (tertiary/aromatic N) is 1. The maximum atomic E-state index is 12.1. The zero-order valence-electron chi connectivity index (χ0n) is 10.4. The highest BCUT2D eigenvalue weighted by Crippen LogP contribution is 2.35. The Labute approximate surface area is 109 Å². The number of hydrogen-bond acceptors (Lipinski definition) is 5. The van der Waals surface area contributed by atoms with E-state index in [0.29, 0.717) is 12.8 Å².